The van der Waals surface area contributed by atoms with Crippen LogP contribution in [-0.4, -0.2) is 21.8 Å². The van der Waals surface area contributed by atoms with E-state index in [9.17, 15) is 0 Å². The number of benzene rings is 2. The van der Waals surface area contributed by atoms with E-state index >= 15 is 0 Å². The fraction of sp³-hybridized carbons (Fsp3) is 0.125. The first-order chi connectivity index (χ1) is 10.4. The highest BCUT2D eigenvalue weighted by molar-refractivity contribution is 5.24. The summed E-state index contributed by atoms with van der Waals surface area (Å²) in [5.41, 5.74) is 1.04. The van der Waals surface area contributed by atoms with Crippen LogP contribution in [0.15, 0.2) is 73.1 Å². The molecule has 1 unspecified atom stereocenters. The molecule has 0 N–H and O–H groups in total. The van der Waals surface area contributed by atoms with Crippen molar-refractivity contribution in [2.75, 3.05) is 6.61 Å². The maximum absolute atomic E-state index is 6.01. The van der Waals surface area contributed by atoms with Crippen LogP contribution in [0, 0.1) is 0 Å². The quantitative estimate of drug-likeness (QED) is 0.696. The Kier molecular flexibility index (Phi) is 4.12. The van der Waals surface area contributed by atoms with Gasteiger partial charge < -0.3 is 9.57 Å². The Morgan fingerprint density at radius 1 is 0.952 bits per heavy atom. The van der Waals surface area contributed by atoms with E-state index in [0.717, 1.165) is 11.3 Å². The Balaban J connectivity index is 1.74. The van der Waals surface area contributed by atoms with Crippen molar-refractivity contribution in [3.8, 4) is 5.75 Å². The van der Waals surface area contributed by atoms with E-state index < -0.39 is 0 Å². The number of aromatic nitrogens is 3. The normalized spacial score (nSPS) is 11.8. The van der Waals surface area contributed by atoms with Crippen LogP contribution in [0.5, 0.6) is 5.75 Å². The second-order valence-corrected chi connectivity index (χ2v) is 4.43. The van der Waals surface area contributed by atoms with Crippen molar-refractivity contribution >= 4 is 0 Å². The summed E-state index contributed by atoms with van der Waals surface area (Å²) in [6, 6.07) is 19.6. The zero-order valence-corrected chi connectivity index (χ0v) is 11.4. The van der Waals surface area contributed by atoms with Gasteiger partial charge in [-0.25, -0.2) is 0 Å². The number of nitrogens with zero attached hydrogens (tertiary/aromatic N) is 3. The van der Waals surface area contributed by atoms with Gasteiger partial charge in [-0.1, -0.05) is 53.4 Å². The molecule has 5 nitrogen and oxygen atoms in total. The second kappa shape index (κ2) is 6.56. The molecule has 0 saturated heterocycles. The molecule has 21 heavy (non-hydrogen) atoms. The predicted octanol–water partition coefficient (Wildman–Crippen LogP) is 2.53. The monoisotopic (exact) mass is 281 g/mol. The SMILES string of the molecule is c1ccc(OC(COn2ccnn2)c2ccccc2)cc1. The van der Waals surface area contributed by atoms with Gasteiger partial charge in [0, 0.05) is 0 Å². The summed E-state index contributed by atoms with van der Waals surface area (Å²) >= 11 is 0. The molecule has 0 bridgehead atoms. The molecule has 1 aromatic heterocycles. The van der Waals surface area contributed by atoms with Crippen molar-refractivity contribution < 1.29 is 9.57 Å². The van der Waals surface area contributed by atoms with Gasteiger partial charge in [0.05, 0.1) is 12.4 Å². The van der Waals surface area contributed by atoms with Crippen molar-refractivity contribution in [2.24, 2.45) is 0 Å². The Labute approximate surface area is 122 Å². The molecule has 0 radical (unpaired) electrons. The average molecular weight is 281 g/mol. The van der Waals surface area contributed by atoms with Gasteiger partial charge in [0.15, 0.2) is 12.7 Å². The summed E-state index contributed by atoms with van der Waals surface area (Å²) in [5.74, 6) is 0.800. The fourth-order valence-electron chi connectivity index (χ4n) is 1.94. The molecule has 0 spiro atoms. The molecule has 3 aromatic rings. The van der Waals surface area contributed by atoms with Gasteiger partial charge in [-0.05, 0) is 22.9 Å². The van der Waals surface area contributed by atoms with Gasteiger partial charge in [0.1, 0.15) is 5.75 Å². The Morgan fingerprint density at radius 3 is 2.33 bits per heavy atom. The summed E-state index contributed by atoms with van der Waals surface area (Å²) in [7, 11) is 0. The van der Waals surface area contributed by atoms with E-state index in [2.05, 4.69) is 10.3 Å². The highest BCUT2D eigenvalue weighted by Crippen LogP contribution is 2.21. The summed E-state index contributed by atoms with van der Waals surface area (Å²) < 4.78 is 6.01. The fourth-order valence-corrected chi connectivity index (χ4v) is 1.94. The van der Waals surface area contributed by atoms with E-state index in [1.807, 2.05) is 60.7 Å². The first-order valence-electron chi connectivity index (χ1n) is 6.68. The zero-order chi connectivity index (χ0) is 14.3. The lowest BCUT2D eigenvalue weighted by molar-refractivity contribution is 0.0184. The van der Waals surface area contributed by atoms with Gasteiger partial charge in [-0.15, -0.1) is 5.10 Å². The van der Waals surface area contributed by atoms with Crippen molar-refractivity contribution in [1.29, 1.82) is 0 Å². The van der Waals surface area contributed by atoms with Crippen molar-refractivity contribution in [3.63, 3.8) is 0 Å². The van der Waals surface area contributed by atoms with E-state index in [4.69, 9.17) is 9.57 Å². The van der Waals surface area contributed by atoms with Gasteiger partial charge >= 0.3 is 0 Å². The third-order valence-electron chi connectivity index (χ3n) is 2.95. The number of ether oxygens (including phenoxy) is 1. The second-order valence-electron chi connectivity index (χ2n) is 4.43. The molecule has 0 amide bonds. The summed E-state index contributed by atoms with van der Waals surface area (Å²) in [6.45, 7) is 0.336. The minimum atomic E-state index is -0.224. The molecule has 1 heterocycles. The molecule has 1 atom stereocenters. The minimum absolute atomic E-state index is 0.224. The first kappa shape index (κ1) is 13.2. The molecule has 0 aliphatic heterocycles. The van der Waals surface area contributed by atoms with Gasteiger partial charge in [-0.3, -0.25) is 0 Å². The standard InChI is InChI=1S/C16H15N3O2/c1-3-7-14(8-4-1)16(13-20-19-12-11-17-18-19)21-15-9-5-2-6-10-15/h1-12,16H,13H2. The Hall–Kier alpha value is -2.82. The van der Waals surface area contributed by atoms with Crippen LogP contribution in [-0.2, 0) is 0 Å². The molecule has 0 saturated carbocycles. The van der Waals surface area contributed by atoms with Crippen LogP contribution < -0.4 is 9.57 Å². The van der Waals surface area contributed by atoms with Gasteiger partial charge in [-0.2, -0.15) is 0 Å². The lowest BCUT2D eigenvalue weighted by atomic mass is 10.1. The maximum Gasteiger partial charge on any atom is 0.160 e. The van der Waals surface area contributed by atoms with Crippen LogP contribution in [0.2, 0.25) is 0 Å². The lowest BCUT2D eigenvalue weighted by Crippen LogP contribution is -2.23. The van der Waals surface area contributed by atoms with Crippen molar-refractivity contribution in [2.45, 2.75) is 6.10 Å². The van der Waals surface area contributed by atoms with Gasteiger partial charge in [0.2, 0.25) is 0 Å². The topological polar surface area (TPSA) is 49.2 Å². The third-order valence-corrected chi connectivity index (χ3v) is 2.95. The molecule has 0 fully saturated rings. The Bertz CT molecular complexity index is 642. The van der Waals surface area contributed by atoms with E-state index in [-0.39, 0.29) is 6.10 Å². The zero-order valence-electron chi connectivity index (χ0n) is 11.4. The molecule has 0 aliphatic carbocycles. The number of para-hydroxylation sites is 1. The molecular formula is C16H15N3O2. The Morgan fingerprint density at radius 2 is 1.67 bits per heavy atom. The minimum Gasteiger partial charge on any atom is -0.482 e. The van der Waals surface area contributed by atoms with Crippen molar-refractivity contribution in [3.05, 3.63) is 78.6 Å². The van der Waals surface area contributed by atoms with Crippen LogP contribution in [0.1, 0.15) is 11.7 Å². The molecule has 2 aromatic carbocycles. The molecular weight excluding hydrogens is 266 g/mol. The summed E-state index contributed by atoms with van der Waals surface area (Å²) in [5, 5.41) is 7.48. The highest BCUT2D eigenvalue weighted by Gasteiger charge is 2.14. The van der Waals surface area contributed by atoms with Crippen LogP contribution in [0.25, 0.3) is 0 Å². The summed E-state index contributed by atoms with van der Waals surface area (Å²) in [4.78, 5) is 6.88. The molecule has 106 valence electrons. The van der Waals surface area contributed by atoms with Crippen LogP contribution in [0.3, 0.4) is 0 Å². The molecule has 0 aliphatic rings. The van der Waals surface area contributed by atoms with Gasteiger partial charge in [0.25, 0.3) is 0 Å². The van der Waals surface area contributed by atoms with E-state index in [0.29, 0.717) is 6.61 Å². The van der Waals surface area contributed by atoms with E-state index in [1.54, 1.807) is 12.4 Å². The maximum atomic E-state index is 6.01. The smallest absolute Gasteiger partial charge is 0.160 e. The first-order valence-corrected chi connectivity index (χ1v) is 6.68. The number of hydrogen-bond donors (Lipinski definition) is 0. The largest absolute Gasteiger partial charge is 0.482 e. The molecule has 3 rings (SSSR count). The highest BCUT2D eigenvalue weighted by atomic mass is 16.7. The molecule has 5 heteroatoms. The summed E-state index contributed by atoms with van der Waals surface area (Å²) in [6.07, 6.45) is 2.98. The van der Waals surface area contributed by atoms with E-state index in [1.165, 1.54) is 4.85 Å². The predicted molar refractivity (Wildman–Crippen MR) is 77.7 cm³/mol. The average Bonchev–Trinajstić information content (AvgIpc) is 3.07. The number of rotatable bonds is 6. The van der Waals surface area contributed by atoms with Crippen LogP contribution in [0.4, 0.5) is 0 Å². The lowest BCUT2D eigenvalue weighted by Gasteiger charge is -2.19. The van der Waals surface area contributed by atoms with Crippen molar-refractivity contribution in [1.82, 2.24) is 15.2 Å². The number of hydrogen-bond acceptors (Lipinski definition) is 4. The third kappa shape index (κ3) is 3.60. The van der Waals surface area contributed by atoms with Crippen LogP contribution >= 0.6 is 0 Å².